The van der Waals surface area contributed by atoms with E-state index in [0.29, 0.717) is 11.1 Å². The molecule has 1 N–H and O–H groups in total. The number of rotatable bonds is 4. The topological polar surface area (TPSA) is 102 Å². The maximum Gasteiger partial charge on any atom is 0.293 e. The summed E-state index contributed by atoms with van der Waals surface area (Å²) in [5.41, 5.74) is 0.756. The molecule has 0 amide bonds. The molecule has 1 aromatic heterocycles. The van der Waals surface area contributed by atoms with Crippen LogP contribution in [0.25, 0.3) is 0 Å². The molecule has 1 aromatic carbocycles. The molecule has 116 valence electrons. The van der Waals surface area contributed by atoms with E-state index in [1.807, 2.05) is 0 Å². The second-order valence-corrected chi connectivity index (χ2v) is 6.72. The summed E-state index contributed by atoms with van der Waals surface area (Å²) in [7, 11) is -4.00. The van der Waals surface area contributed by atoms with Gasteiger partial charge in [0.1, 0.15) is 15.7 Å². The van der Waals surface area contributed by atoms with Gasteiger partial charge in [0.05, 0.1) is 4.92 Å². The lowest BCUT2D eigenvalue weighted by Gasteiger charge is -2.11. The third kappa shape index (κ3) is 3.34. The van der Waals surface area contributed by atoms with Crippen molar-refractivity contribution in [3.05, 3.63) is 56.9 Å². The molecule has 0 aliphatic carbocycles. The highest BCUT2D eigenvalue weighted by atomic mass is 35.5. The van der Waals surface area contributed by atoms with Crippen LogP contribution in [0.2, 0.25) is 5.15 Å². The van der Waals surface area contributed by atoms with Gasteiger partial charge in [-0.15, -0.1) is 0 Å². The highest BCUT2D eigenvalue weighted by Gasteiger charge is 2.23. The Bertz CT molecular complexity index is 835. The lowest BCUT2D eigenvalue weighted by atomic mass is 10.1. The van der Waals surface area contributed by atoms with Gasteiger partial charge in [0.25, 0.3) is 15.7 Å². The van der Waals surface area contributed by atoms with Crippen LogP contribution in [0.1, 0.15) is 11.1 Å². The summed E-state index contributed by atoms with van der Waals surface area (Å²) < 4.78 is 26.9. The average molecular weight is 342 g/mol. The van der Waals surface area contributed by atoms with Crippen LogP contribution in [0.4, 0.5) is 11.4 Å². The normalized spacial score (nSPS) is 11.2. The highest BCUT2D eigenvalue weighted by Crippen LogP contribution is 2.31. The minimum absolute atomic E-state index is 0.0643. The third-order valence-corrected chi connectivity index (χ3v) is 4.46. The summed E-state index contributed by atoms with van der Waals surface area (Å²) in [6, 6.07) is 5.56. The number of halogens is 1. The Morgan fingerprint density at radius 2 is 1.95 bits per heavy atom. The minimum Gasteiger partial charge on any atom is -0.273 e. The average Bonchev–Trinajstić information content (AvgIpc) is 2.41. The molecule has 0 spiro atoms. The first-order valence-electron chi connectivity index (χ1n) is 6.11. The van der Waals surface area contributed by atoms with E-state index in [0.717, 1.165) is 6.20 Å². The Hall–Kier alpha value is -2.19. The van der Waals surface area contributed by atoms with Crippen LogP contribution in [0.5, 0.6) is 0 Å². The molecular weight excluding hydrogens is 330 g/mol. The van der Waals surface area contributed by atoms with E-state index >= 15 is 0 Å². The number of nitro benzene ring substituents is 1. The van der Waals surface area contributed by atoms with Gasteiger partial charge in [-0.3, -0.25) is 14.8 Å². The van der Waals surface area contributed by atoms with E-state index in [9.17, 15) is 18.5 Å². The summed E-state index contributed by atoms with van der Waals surface area (Å²) >= 11 is 5.62. The number of aryl methyl sites for hydroxylation is 2. The molecular formula is C13H12ClN3O4S. The summed E-state index contributed by atoms with van der Waals surface area (Å²) in [5, 5.41) is 11.3. The minimum atomic E-state index is -4.00. The van der Waals surface area contributed by atoms with E-state index in [4.69, 9.17) is 11.6 Å². The summed E-state index contributed by atoms with van der Waals surface area (Å²) in [6.07, 6.45) is 1.08. The third-order valence-electron chi connectivity index (χ3n) is 2.90. The first kappa shape index (κ1) is 16.2. The molecule has 2 aromatic rings. The highest BCUT2D eigenvalue weighted by molar-refractivity contribution is 7.92. The van der Waals surface area contributed by atoms with Crippen molar-refractivity contribution in [1.82, 2.24) is 4.98 Å². The van der Waals surface area contributed by atoms with E-state index in [-0.39, 0.29) is 21.4 Å². The molecule has 0 aliphatic heterocycles. The van der Waals surface area contributed by atoms with E-state index in [2.05, 4.69) is 9.71 Å². The number of benzene rings is 1. The molecule has 0 atom stereocenters. The van der Waals surface area contributed by atoms with E-state index in [1.165, 1.54) is 18.2 Å². The smallest absolute Gasteiger partial charge is 0.273 e. The number of nitrogens with one attached hydrogen (secondary N) is 1. The molecule has 0 saturated heterocycles. The van der Waals surface area contributed by atoms with Crippen LogP contribution in [0, 0.1) is 24.0 Å². The van der Waals surface area contributed by atoms with Gasteiger partial charge < -0.3 is 0 Å². The van der Waals surface area contributed by atoms with Crippen LogP contribution in [-0.2, 0) is 10.0 Å². The van der Waals surface area contributed by atoms with Gasteiger partial charge in [-0.25, -0.2) is 13.4 Å². The predicted octanol–water partition coefficient (Wildman–Crippen LogP) is 3.06. The van der Waals surface area contributed by atoms with Crippen molar-refractivity contribution in [3.63, 3.8) is 0 Å². The fraction of sp³-hybridized carbons (Fsp3) is 0.154. The Labute approximate surface area is 132 Å². The Morgan fingerprint density at radius 3 is 2.50 bits per heavy atom. The van der Waals surface area contributed by atoms with Gasteiger partial charge in [-0.1, -0.05) is 17.7 Å². The quantitative estimate of drug-likeness (QED) is 0.523. The first-order chi connectivity index (χ1) is 10.2. The Morgan fingerprint density at radius 1 is 1.27 bits per heavy atom. The van der Waals surface area contributed by atoms with Gasteiger partial charge in [0.15, 0.2) is 0 Å². The first-order valence-corrected chi connectivity index (χ1v) is 7.97. The molecule has 0 aliphatic rings. The summed E-state index contributed by atoms with van der Waals surface area (Å²) in [4.78, 5) is 14.1. The van der Waals surface area contributed by atoms with E-state index in [1.54, 1.807) is 19.9 Å². The van der Waals surface area contributed by atoms with Crippen LogP contribution < -0.4 is 4.72 Å². The molecule has 9 heteroatoms. The van der Waals surface area contributed by atoms with Crippen molar-refractivity contribution in [3.8, 4) is 0 Å². The number of hydrogen-bond donors (Lipinski definition) is 1. The molecule has 0 fully saturated rings. The number of nitro groups is 1. The number of pyridine rings is 1. The molecule has 0 saturated carbocycles. The molecule has 22 heavy (non-hydrogen) atoms. The number of nitrogens with zero attached hydrogens (tertiary/aromatic N) is 2. The van der Waals surface area contributed by atoms with Crippen molar-refractivity contribution < 1.29 is 13.3 Å². The van der Waals surface area contributed by atoms with Crippen molar-refractivity contribution in [1.29, 1.82) is 0 Å². The lowest BCUT2D eigenvalue weighted by molar-refractivity contribution is -0.384. The maximum absolute atomic E-state index is 12.3. The van der Waals surface area contributed by atoms with Crippen molar-refractivity contribution in [2.24, 2.45) is 0 Å². The van der Waals surface area contributed by atoms with Crippen LogP contribution in [0.15, 0.2) is 35.4 Å². The molecule has 0 unspecified atom stereocenters. The molecule has 1 heterocycles. The summed E-state index contributed by atoms with van der Waals surface area (Å²) in [6.45, 7) is 3.29. The number of anilines is 1. The monoisotopic (exact) mass is 341 g/mol. The summed E-state index contributed by atoms with van der Waals surface area (Å²) in [5.74, 6) is 0. The number of hydrogen-bond acceptors (Lipinski definition) is 5. The van der Waals surface area contributed by atoms with Crippen LogP contribution in [0.3, 0.4) is 0 Å². The lowest BCUT2D eigenvalue weighted by Crippen LogP contribution is -2.15. The largest absolute Gasteiger partial charge is 0.293 e. The van der Waals surface area contributed by atoms with Crippen LogP contribution >= 0.6 is 11.6 Å². The van der Waals surface area contributed by atoms with Crippen molar-refractivity contribution >= 4 is 33.0 Å². The molecule has 2 rings (SSSR count). The molecule has 7 nitrogen and oxygen atoms in total. The zero-order valence-electron chi connectivity index (χ0n) is 11.7. The Balaban J connectivity index is 2.50. The SMILES string of the molecule is Cc1cc(C)c(NS(=O)(=O)c2ccc(Cl)nc2)c([N+](=O)[O-])c1. The fourth-order valence-corrected chi connectivity index (χ4v) is 3.14. The second kappa shape index (κ2) is 5.90. The van der Waals surface area contributed by atoms with Crippen molar-refractivity contribution in [2.45, 2.75) is 18.7 Å². The fourth-order valence-electron chi connectivity index (χ4n) is 1.94. The second-order valence-electron chi connectivity index (χ2n) is 4.66. The number of sulfonamides is 1. The van der Waals surface area contributed by atoms with Gasteiger partial charge >= 0.3 is 0 Å². The molecule has 0 bridgehead atoms. The zero-order valence-corrected chi connectivity index (χ0v) is 13.3. The van der Waals surface area contributed by atoms with Gasteiger partial charge in [0.2, 0.25) is 0 Å². The van der Waals surface area contributed by atoms with Gasteiger partial charge in [0, 0.05) is 12.3 Å². The maximum atomic E-state index is 12.3. The standard InChI is InChI=1S/C13H12ClN3O4S/c1-8-5-9(2)13(11(6-8)17(18)19)16-22(20,21)10-3-4-12(14)15-7-10/h3-7,16H,1-2H3. The van der Waals surface area contributed by atoms with Crippen LogP contribution in [-0.4, -0.2) is 18.3 Å². The van der Waals surface area contributed by atoms with Crippen molar-refractivity contribution in [2.75, 3.05) is 4.72 Å². The van der Waals surface area contributed by atoms with Gasteiger partial charge in [-0.05, 0) is 37.1 Å². The predicted molar refractivity (Wildman–Crippen MR) is 82.6 cm³/mol. The van der Waals surface area contributed by atoms with Gasteiger partial charge in [-0.2, -0.15) is 0 Å². The van der Waals surface area contributed by atoms with E-state index < -0.39 is 14.9 Å². The molecule has 0 radical (unpaired) electrons. The zero-order chi connectivity index (χ0) is 16.5. The Kier molecular flexibility index (Phi) is 4.34. The number of aromatic nitrogens is 1.